The van der Waals surface area contributed by atoms with Crippen molar-refractivity contribution in [1.29, 1.82) is 0 Å². The van der Waals surface area contributed by atoms with E-state index in [1.165, 1.54) is 0 Å². The van der Waals surface area contributed by atoms with Gasteiger partial charge in [0.1, 0.15) is 0 Å². The smallest absolute Gasteiger partial charge is 0.222 e. The lowest BCUT2D eigenvalue weighted by Crippen LogP contribution is -2.00. The molecule has 6 aromatic rings. The lowest BCUT2D eigenvalue weighted by Gasteiger charge is -2.08. The predicted molar refractivity (Wildman–Crippen MR) is 142 cm³/mol. The number of para-hydroxylation sites is 2. The van der Waals surface area contributed by atoms with Crippen LogP contribution in [0.25, 0.3) is 39.2 Å². The van der Waals surface area contributed by atoms with Crippen LogP contribution in [-0.2, 0) is 0 Å². The minimum atomic E-state index is 0.608. The zero-order valence-electron chi connectivity index (χ0n) is 18.8. The Kier molecular flexibility index (Phi) is 5.37. The molecule has 6 rings (SSSR count). The highest BCUT2D eigenvalue weighted by molar-refractivity contribution is 5.81. The molecule has 0 atom stereocenters. The van der Waals surface area contributed by atoms with Crippen LogP contribution in [0.2, 0.25) is 0 Å². The Hall–Kier alpha value is -4.97. The third kappa shape index (κ3) is 4.32. The summed E-state index contributed by atoms with van der Waals surface area (Å²) in [5.74, 6) is 0.608. The van der Waals surface area contributed by atoms with Gasteiger partial charge in [-0.2, -0.15) is 10.2 Å². The summed E-state index contributed by atoms with van der Waals surface area (Å²) >= 11 is 0. The maximum absolute atomic E-state index is 4.94. The molecule has 0 saturated heterocycles. The van der Waals surface area contributed by atoms with E-state index in [1.54, 1.807) is 6.21 Å². The van der Waals surface area contributed by atoms with E-state index in [1.807, 2.05) is 77.5 Å². The Morgan fingerprint density at radius 3 is 2.17 bits per heavy atom. The van der Waals surface area contributed by atoms with Gasteiger partial charge in [-0.05, 0) is 35.9 Å². The molecule has 0 spiro atoms. The van der Waals surface area contributed by atoms with E-state index in [-0.39, 0.29) is 0 Å². The maximum Gasteiger partial charge on any atom is 0.222 e. The van der Waals surface area contributed by atoms with E-state index in [2.05, 4.69) is 63.0 Å². The van der Waals surface area contributed by atoms with Crippen LogP contribution < -0.4 is 5.43 Å². The second kappa shape index (κ2) is 9.11. The summed E-state index contributed by atoms with van der Waals surface area (Å²) in [7, 11) is 0. The van der Waals surface area contributed by atoms with Gasteiger partial charge in [0.25, 0.3) is 0 Å². The average molecular weight is 455 g/mol. The first-order valence-corrected chi connectivity index (χ1v) is 11.4. The van der Waals surface area contributed by atoms with Gasteiger partial charge in [0.2, 0.25) is 5.95 Å². The number of aromatic nitrogens is 4. The molecular weight excluding hydrogens is 432 g/mol. The second-order valence-corrected chi connectivity index (χ2v) is 8.12. The molecule has 6 heteroatoms. The molecular formula is C29H22N6. The number of benzene rings is 4. The van der Waals surface area contributed by atoms with Gasteiger partial charge in [-0.1, -0.05) is 84.9 Å². The average Bonchev–Trinajstić information content (AvgIpc) is 3.55. The molecule has 0 saturated carbocycles. The third-order valence-corrected chi connectivity index (χ3v) is 5.76. The molecule has 0 radical (unpaired) electrons. The molecule has 0 bridgehead atoms. The Balaban J connectivity index is 1.27. The molecule has 4 aromatic carbocycles. The Morgan fingerprint density at radius 2 is 1.43 bits per heavy atom. The van der Waals surface area contributed by atoms with Gasteiger partial charge in [0.05, 0.1) is 34.3 Å². The molecule has 35 heavy (non-hydrogen) atoms. The topological polar surface area (TPSA) is 70.9 Å². The highest BCUT2D eigenvalue weighted by atomic mass is 15.3. The van der Waals surface area contributed by atoms with E-state index >= 15 is 0 Å². The van der Waals surface area contributed by atoms with E-state index in [0.717, 1.165) is 44.8 Å². The van der Waals surface area contributed by atoms with Crippen LogP contribution in [0.1, 0.15) is 5.56 Å². The number of fused-ring (bicyclic) bond motifs is 1. The number of hydrogen-bond acceptors (Lipinski definition) is 4. The molecule has 0 aliphatic rings. The summed E-state index contributed by atoms with van der Waals surface area (Å²) < 4.78 is 1.99. The normalized spacial score (nSPS) is 11.3. The number of H-pyrrole nitrogens is 1. The summed E-state index contributed by atoms with van der Waals surface area (Å²) in [5, 5.41) is 9.26. The van der Waals surface area contributed by atoms with Crippen LogP contribution in [0, 0.1) is 0 Å². The molecule has 0 aliphatic heterocycles. The largest absolute Gasteiger partial charge is 0.323 e. The van der Waals surface area contributed by atoms with Gasteiger partial charge < -0.3 is 4.98 Å². The fraction of sp³-hybridized carbons (Fsp3) is 0. The van der Waals surface area contributed by atoms with Gasteiger partial charge in [-0.3, -0.25) is 0 Å². The lowest BCUT2D eigenvalue weighted by atomic mass is 10.1. The fourth-order valence-electron chi connectivity index (χ4n) is 4.02. The standard InChI is InChI=1S/C29H22N6/c1-3-9-22(10-4-1)27-19-28(23-11-5-2-6-12-23)35(34-27)24-17-15-21(16-18-24)20-30-33-29-31-25-13-7-8-14-26(25)32-29/h1-20H,(H2,31,32,33)/b30-20-. The molecule has 0 fully saturated rings. The highest BCUT2D eigenvalue weighted by Gasteiger charge is 2.13. The fourth-order valence-corrected chi connectivity index (χ4v) is 4.02. The molecule has 2 heterocycles. The van der Waals surface area contributed by atoms with E-state index < -0.39 is 0 Å². The Labute approximate surface area is 202 Å². The lowest BCUT2D eigenvalue weighted by molar-refractivity contribution is 0.892. The summed E-state index contributed by atoms with van der Waals surface area (Å²) in [4.78, 5) is 7.67. The van der Waals surface area contributed by atoms with Crippen molar-refractivity contribution in [1.82, 2.24) is 19.7 Å². The van der Waals surface area contributed by atoms with Crippen molar-refractivity contribution in [3.63, 3.8) is 0 Å². The van der Waals surface area contributed by atoms with Crippen molar-refractivity contribution >= 4 is 23.2 Å². The summed E-state index contributed by atoms with van der Waals surface area (Å²) in [5.41, 5.74) is 11.0. The molecule has 0 amide bonds. The van der Waals surface area contributed by atoms with Crippen LogP contribution in [-0.4, -0.2) is 26.0 Å². The van der Waals surface area contributed by atoms with Crippen LogP contribution in [0.4, 0.5) is 5.95 Å². The molecule has 2 aromatic heterocycles. The minimum absolute atomic E-state index is 0.608. The number of imidazole rings is 1. The summed E-state index contributed by atoms with van der Waals surface area (Å²) in [6, 6.07) is 38.7. The quantitative estimate of drug-likeness (QED) is 0.222. The molecule has 6 nitrogen and oxygen atoms in total. The number of nitrogens with one attached hydrogen (secondary N) is 2. The Bertz CT molecular complexity index is 1560. The molecule has 168 valence electrons. The van der Waals surface area contributed by atoms with Crippen molar-refractivity contribution < 1.29 is 0 Å². The number of hydrazone groups is 1. The monoisotopic (exact) mass is 454 g/mol. The van der Waals surface area contributed by atoms with Crippen LogP contribution in [0.15, 0.2) is 120 Å². The first-order valence-electron chi connectivity index (χ1n) is 11.4. The zero-order chi connectivity index (χ0) is 23.5. The van der Waals surface area contributed by atoms with E-state index in [0.29, 0.717) is 5.95 Å². The second-order valence-electron chi connectivity index (χ2n) is 8.12. The number of rotatable bonds is 6. The van der Waals surface area contributed by atoms with Crippen LogP contribution in [0.3, 0.4) is 0 Å². The number of hydrogen-bond donors (Lipinski definition) is 2. The number of anilines is 1. The van der Waals surface area contributed by atoms with Gasteiger partial charge in [0.15, 0.2) is 0 Å². The van der Waals surface area contributed by atoms with Gasteiger partial charge in [-0.25, -0.2) is 15.1 Å². The number of nitrogens with zero attached hydrogens (tertiary/aromatic N) is 4. The van der Waals surface area contributed by atoms with Gasteiger partial charge in [0, 0.05) is 11.1 Å². The van der Waals surface area contributed by atoms with Crippen molar-refractivity contribution in [2.24, 2.45) is 5.10 Å². The molecule has 2 N–H and O–H groups in total. The third-order valence-electron chi connectivity index (χ3n) is 5.76. The van der Waals surface area contributed by atoms with Crippen molar-refractivity contribution in [2.45, 2.75) is 0 Å². The van der Waals surface area contributed by atoms with E-state index in [4.69, 9.17) is 5.10 Å². The molecule has 0 unspecified atom stereocenters. The van der Waals surface area contributed by atoms with Crippen LogP contribution >= 0.6 is 0 Å². The van der Waals surface area contributed by atoms with Crippen molar-refractivity contribution in [3.05, 3.63) is 121 Å². The summed E-state index contributed by atoms with van der Waals surface area (Å²) in [6.45, 7) is 0. The summed E-state index contributed by atoms with van der Waals surface area (Å²) in [6.07, 6.45) is 1.77. The van der Waals surface area contributed by atoms with Crippen LogP contribution in [0.5, 0.6) is 0 Å². The van der Waals surface area contributed by atoms with Gasteiger partial charge >= 0.3 is 0 Å². The number of aromatic amines is 1. The first kappa shape index (κ1) is 20.6. The van der Waals surface area contributed by atoms with E-state index in [9.17, 15) is 0 Å². The van der Waals surface area contributed by atoms with Crippen molar-refractivity contribution in [2.75, 3.05) is 5.43 Å². The van der Waals surface area contributed by atoms with Gasteiger partial charge in [-0.15, -0.1) is 0 Å². The first-order chi connectivity index (χ1) is 17.3. The minimum Gasteiger partial charge on any atom is -0.323 e. The highest BCUT2D eigenvalue weighted by Crippen LogP contribution is 2.28. The SMILES string of the molecule is C(=N/Nc1nc2ccccc2[nH]1)/c1ccc(-n2nc(-c3ccccc3)cc2-c2ccccc2)cc1. The molecule has 0 aliphatic carbocycles. The zero-order valence-corrected chi connectivity index (χ0v) is 18.8. The van der Waals surface area contributed by atoms with Crippen molar-refractivity contribution in [3.8, 4) is 28.2 Å². The maximum atomic E-state index is 4.94. The predicted octanol–water partition coefficient (Wildman–Crippen LogP) is 6.53. The Morgan fingerprint density at radius 1 is 0.743 bits per heavy atom.